The van der Waals surface area contributed by atoms with Crippen molar-refractivity contribution in [1.82, 2.24) is 9.21 Å². The molecule has 24 heavy (non-hydrogen) atoms. The maximum Gasteiger partial charge on any atom is 0.217 e. The zero-order chi connectivity index (χ0) is 16.7. The fourth-order valence-corrected chi connectivity index (χ4v) is 6.24. The molecule has 0 aromatic heterocycles. The maximum absolute atomic E-state index is 12.7. The van der Waals surface area contributed by atoms with Gasteiger partial charge in [-0.1, -0.05) is 12.1 Å². The van der Waals surface area contributed by atoms with Gasteiger partial charge in [0.25, 0.3) is 0 Å². The molecule has 2 atom stereocenters. The number of methoxy groups -OCH3 is 1. The molecule has 1 saturated carbocycles. The summed E-state index contributed by atoms with van der Waals surface area (Å²) in [5.41, 5.74) is 1.26. The van der Waals surface area contributed by atoms with Crippen molar-refractivity contribution in [2.75, 3.05) is 26.7 Å². The lowest BCUT2D eigenvalue weighted by Crippen LogP contribution is -2.48. The second kappa shape index (κ2) is 6.32. The minimum Gasteiger partial charge on any atom is -0.497 e. The Labute approximate surface area is 144 Å². The van der Waals surface area contributed by atoms with Gasteiger partial charge in [-0.2, -0.15) is 4.31 Å². The first-order chi connectivity index (χ1) is 11.6. The molecule has 3 heterocycles. The number of fused-ring (bicyclic) bond motifs is 4. The van der Waals surface area contributed by atoms with Crippen LogP contribution in [-0.2, 0) is 16.6 Å². The lowest BCUT2D eigenvalue weighted by Gasteiger charge is -2.35. The van der Waals surface area contributed by atoms with E-state index in [1.165, 1.54) is 5.56 Å². The standard InChI is InChI=1S/C18H26N2O3S/c1-23-17-6-3-14(4-7-17)10-19-11-15-2-5-16(13-19)20(12-15)24(21,22)18-8-9-18/h3-4,6-7,15-16,18H,2,5,8-13H2,1H3/t15-,16+/m0/s1. The molecule has 3 aliphatic heterocycles. The number of ether oxygens (including phenoxy) is 1. The van der Waals surface area contributed by atoms with Crippen LogP contribution in [0.2, 0.25) is 0 Å². The Morgan fingerprint density at radius 1 is 1.04 bits per heavy atom. The molecular formula is C18H26N2O3S. The predicted molar refractivity (Wildman–Crippen MR) is 93.4 cm³/mol. The van der Waals surface area contributed by atoms with Gasteiger partial charge in [0, 0.05) is 32.2 Å². The fourth-order valence-electron chi connectivity index (χ4n) is 4.12. The van der Waals surface area contributed by atoms with Crippen molar-refractivity contribution >= 4 is 10.0 Å². The molecule has 0 amide bonds. The van der Waals surface area contributed by atoms with Crippen molar-refractivity contribution < 1.29 is 13.2 Å². The van der Waals surface area contributed by atoms with Crippen molar-refractivity contribution in [3.8, 4) is 5.75 Å². The summed E-state index contributed by atoms with van der Waals surface area (Å²) >= 11 is 0. The second-order valence-corrected chi connectivity index (χ2v) is 9.62. The fraction of sp³-hybridized carbons (Fsp3) is 0.667. The third-order valence-corrected chi connectivity index (χ3v) is 7.99. The van der Waals surface area contributed by atoms with E-state index in [4.69, 9.17) is 4.74 Å². The van der Waals surface area contributed by atoms with Gasteiger partial charge >= 0.3 is 0 Å². The average Bonchev–Trinajstić information content (AvgIpc) is 3.43. The van der Waals surface area contributed by atoms with Gasteiger partial charge in [-0.3, -0.25) is 4.90 Å². The maximum atomic E-state index is 12.7. The summed E-state index contributed by atoms with van der Waals surface area (Å²) in [4.78, 5) is 2.44. The minimum absolute atomic E-state index is 0.0908. The summed E-state index contributed by atoms with van der Waals surface area (Å²) in [6, 6.07) is 8.35. The van der Waals surface area contributed by atoms with E-state index >= 15 is 0 Å². The van der Waals surface area contributed by atoms with Crippen LogP contribution in [0.25, 0.3) is 0 Å². The zero-order valence-electron chi connectivity index (χ0n) is 14.2. The Bertz CT molecular complexity index is 685. The van der Waals surface area contributed by atoms with Crippen LogP contribution >= 0.6 is 0 Å². The number of hydrogen-bond acceptors (Lipinski definition) is 4. The molecule has 1 aromatic rings. The van der Waals surface area contributed by atoms with Gasteiger partial charge in [-0.15, -0.1) is 0 Å². The molecule has 0 unspecified atom stereocenters. The minimum atomic E-state index is -3.06. The molecule has 1 aromatic carbocycles. The molecule has 1 aliphatic carbocycles. The number of benzene rings is 1. The topological polar surface area (TPSA) is 49.9 Å². The highest BCUT2D eigenvalue weighted by atomic mass is 32.2. The van der Waals surface area contributed by atoms with Crippen LogP contribution in [0.3, 0.4) is 0 Å². The van der Waals surface area contributed by atoms with Gasteiger partial charge in [0.1, 0.15) is 5.75 Å². The van der Waals surface area contributed by atoms with E-state index in [1.807, 2.05) is 16.4 Å². The first kappa shape index (κ1) is 16.4. The smallest absolute Gasteiger partial charge is 0.217 e. The highest BCUT2D eigenvalue weighted by Gasteiger charge is 2.46. The molecule has 0 radical (unpaired) electrons. The first-order valence-corrected chi connectivity index (χ1v) is 10.4. The van der Waals surface area contributed by atoms with Crippen LogP contribution < -0.4 is 4.74 Å². The van der Waals surface area contributed by atoms with Crippen LogP contribution in [0, 0.1) is 5.92 Å². The Morgan fingerprint density at radius 3 is 2.46 bits per heavy atom. The molecule has 132 valence electrons. The van der Waals surface area contributed by atoms with Crippen LogP contribution in [-0.4, -0.2) is 55.7 Å². The largest absolute Gasteiger partial charge is 0.497 e. The Kier molecular flexibility index (Phi) is 4.31. The number of piperidine rings is 1. The van der Waals surface area contributed by atoms with Gasteiger partial charge in [-0.05, 0) is 49.3 Å². The molecule has 5 nitrogen and oxygen atoms in total. The summed E-state index contributed by atoms with van der Waals surface area (Å²) in [5, 5.41) is -0.0908. The monoisotopic (exact) mass is 350 g/mol. The molecule has 4 aliphatic rings. The summed E-state index contributed by atoms with van der Waals surface area (Å²) in [7, 11) is -1.38. The van der Waals surface area contributed by atoms with Crippen molar-refractivity contribution in [2.45, 2.75) is 43.5 Å². The van der Waals surface area contributed by atoms with E-state index in [-0.39, 0.29) is 11.3 Å². The van der Waals surface area contributed by atoms with Gasteiger partial charge in [0.05, 0.1) is 12.4 Å². The number of hydrogen-bond donors (Lipinski definition) is 0. The zero-order valence-corrected chi connectivity index (χ0v) is 15.0. The quantitative estimate of drug-likeness (QED) is 0.816. The van der Waals surface area contributed by atoms with Gasteiger partial charge in [0.15, 0.2) is 0 Å². The molecule has 3 saturated heterocycles. The van der Waals surface area contributed by atoms with Gasteiger partial charge < -0.3 is 4.74 Å². The van der Waals surface area contributed by atoms with Gasteiger partial charge in [0.2, 0.25) is 10.0 Å². The number of sulfonamides is 1. The second-order valence-electron chi connectivity index (χ2n) is 7.45. The summed E-state index contributed by atoms with van der Waals surface area (Å²) < 4.78 is 32.5. The van der Waals surface area contributed by atoms with E-state index in [0.29, 0.717) is 5.92 Å². The number of rotatable bonds is 5. The summed E-state index contributed by atoms with van der Waals surface area (Å²) in [6.45, 7) is 3.46. The third kappa shape index (κ3) is 3.19. The average molecular weight is 350 g/mol. The van der Waals surface area contributed by atoms with Crippen LogP contribution in [0.5, 0.6) is 5.75 Å². The Hall–Kier alpha value is -1.11. The third-order valence-electron chi connectivity index (χ3n) is 5.58. The van der Waals surface area contributed by atoms with E-state index in [0.717, 1.165) is 57.6 Å². The van der Waals surface area contributed by atoms with Crippen LogP contribution in [0.15, 0.2) is 24.3 Å². The molecule has 2 bridgehead atoms. The normalized spacial score (nSPS) is 28.7. The molecular weight excluding hydrogens is 324 g/mol. The van der Waals surface area contributed by atoms with E-state index in [1.54, 1.807) is 7.11 Å². The van der Waals surface area contributed by atoms with E-state index < -0.39 is 10.0 Å². The Balaban J connectivity index is 1.47. The lowest BCUT2D eigenvalue weighted by atomic mass is 9.97. The predicted octanol–water partition coefficient (Wildman–Crippen LogP) is 2.08. The van der Waals surface area contributed by atoms with Crippen LogP contribution in [0.1, 0.15) is 31.2 Å². The van der Waals surface area contributed by atoms with Crippen LogP contribution in [0.4, 0.5) is 0 Å². The lowest BCUT2D eigenvalue weighted by molar-refractivity contribution is 0.225. The molecule has 0 spiro atoms. The highest BCUT2D eigenvalue weighted by molar-refractivity contribution is 7.90. The van der Waals surface area contributed by atoms with Crippen molar-refractivity contribution in [3.05, 3.63) is 29.8 Å². The van der Waals surface area contributed by atoms with E-state index in [2.05, 4.69) is 17.0 Å². The van der Waals surface area contributed by atoms with Gasteiger partial charge in [-0.25, -0.2) is 8.42 Å². The van der Waals surface area contributed by atoms with Crippen molar-refractivity contribution in [3.63, 3.8) is 0 Å². The molecule has 4 fully saturated rings. The highest BCUT2D eigenvalue weighted by Crippen LogP contribution is 2.37. The number of nitrogens with zero attached hydrogens (tertiary/aromatic N) is 2. The first-order valence-electron chi connectivity index (χ1n) is 8.92. The van der Waals surface area contributed by atoms with Crippen molar-refractivity contribution in [1.29, 1.82) is 0 Å². The molecule has 5 rings (SSSR count). The van der Waals surface area contributed by atoms with E-state index in [9.17, 15) is 8.42 Å². The SMILES string of the molecule is COc1ccc(CN2C[C@@H]3CC[C@H](C2)N(S(=O)(=O)C2CC2)C3)cc1. The molecule has 6 heteroatoms. The molecule has 0 N–H and O–H groups in total. The summed E-state index contributed by atoms with van der Waals surface area (Å²) in [5.74, 6) is 1.34. The van der Waals surface area contributed by atoms with Crippen molar-refractivity contribution in [2.24, 2.45) is 5.92 Å². The Morgan fingerprint density at radius 2 is 1.79 bits per heavy atom. The summed E-state index contributed by atoms with van der Waals surface area (Å²) in [6.07, 6.45) is 3.87.